The highest BCUT2D eigenvalue weighted by Crippen LogP contribution is 2.16. The van der Waals surface area contributed by atoms with Gasteiger partial charge in [-0.25, -0.2) is 9.37 Å². The van der Waals surface area contributed by atoms with E-state index in [0.29, 0.717) is 36.8 Å². The van der Waals surface area contributed by atoms with E-state index in [9.17, 15) is 9.18 Å². The zero-order chi connectivity index (χ0) is 20.5. The Labute approximate surface area is 168 Å². The summed E-state index contributed by atoms with van der Waals surface area (Å²) in [5.74, 6) is 1.61. The second kappa shape index (κ2) is 10.1. The summed E-state index contributed by atoms with van der Waals surface area (Å²) in [6.45, 7) is 1.24. The van der Waals surface area contributed by atoms with E-state index in [0.717, 1.165) is 11.3 Å². The van der Waals surface area contributed by atoms with Gasteiger partial charge in [0, 0.05) is 12.7 Å². The molecule has 0 atom stereocenters. The van der Waals surface area contributed by atoms with Crippen molar-refractivity contribution >= 4 is 11.7 Å². The third-order valence-corrected chi connectivity index (χ3v) is 4.13. The Hall–Kier alpha value is -3.61. The summed E-state index contributed by atoms with van der Waals surface area (Å²) in [5.41, 5.74) is 1.40. The quantitative estimate of drug-likeness (QED) is 0.541. The standard InChI is InChI=1S/C22H22FN3O3/c1-28-19-7-9-20(10-8-19)29-13-12-24-22(27)17-4-11-21(26-15-17)25-14-16-2-5-18(23)6-3-16/h2-11,15H,12-14H2,1H3,(H,24,27)(H,25,26). The predicted molar refractivity (Wildman–Crippen MR) is 109 cm³/mol. The number of carbonyl (C=O) groups is 1. The van der Waals surface area contributed by atoms with Crippen LogP contribution in [0.3, 0.4) is 0 Å². The minimum Gasteiger partial charge on any atom is -0.497 e. The van der Waals surface area contributed by atoms with Crippen LogP contribution in [0.5, 0.6) is 11.5 Å². The number of pyridine rings is 1. The van der Waals surface area contributed by atoms with E-state index < -0.39 is 0 Å². The molecular formula is C22H22FN3O3. The number of hydrogen-bond acceptors (Lipinski definition) is 5. The first-order valence-corrected chi connectivity index (χ1v) is 9.13. The lowest BCUT2D eigenvalue weighted by atomic mass is 10.2. The fourth-order valence-electron chi connectivity index (χ4n) is 2.54. The zero-order valence-electron chi connectivity index (χ0n) is 16.0. The van der Waals surface area contributed by atoms with Crippen molar-refractivity contribution in [1.82, 2.24) is 10.3 Å². The predicted octanol–water partition coefficient (Wildman–Crippen LogP) is 3.65. The number of ether oxygens (including phenoxy) is 2. The third-order valence-electron chi connectivity index (χ3n) is 4.13. The number of nitrogens with zero attached hydrogens (tertiary/aromatic N) is 1. The molecule has 7 heteroatoms. The Morgan fingerprint density at radius 1 is 1.00 bits per heavy atom. The van der Waals surface area contributed by atoms with Crippen LogP contribution in [0, 0.1) is 5.82 Å². The molecule has 0 saturated carbocycles. The third kappa shape index (κ3) is 6.21. The molecule has 0 unspecified atom stereocenters. The van der Waals surface area contributed by atoms with Crippen LogP contribution in [-0.4, -0.2) is 31.2 Å². The van der Waals surface area contributed by atoms with Crippen LogP contribution < -0.4 is 20.1 Å². The normalized spacial score (nSPS) is 10.3. The van der Waals surface area contributed by atoms with Crippen molar-refractivity contribution in [2.75, 3.05) is 25.6 Å². The van der Waals surface area contributed by atoms with Crippen molar-refractivity contribution in [3.63, 3.8) is 0 Å². The van der Waals surface area contributed by atoms with E-state index in [1.165, 1.54) is 18.3 Å². The molecule has 1 aromatic heterocycles. The summed E-state index contributed by atoms with van der Waals surface area (Å²) in [6, 6.07) is 16.9. The molecule has 150 valence electrons. The second-order valence-electron chi connectivity index (χ2n) is 6.19. The molecular weight excluding hydrogens is 373 g/mol. The highest BCUT2D eigenvalue weighted by Gasteiger charge is 2.06. The Balaban J connectivity index is 1.40. The van der Waals surface area contributed by atoms with Gasteiger partial charge in [0.05, 0.1) is 19.2 Å². The number of carbonyl (C=O) groups excluding carboxylic acids is 1. The average molecular weight is 395 g/mol. The molecule has 0 aliphatic rings. The van der Waals surface area contributed by atoms with Gasteiger partial charge >= 0.3 is 0 Å². The lowest BCUT2D eigenvalue weighted by molar-refractivity contribution is 0.0946. The summed E-state index contributed by atoms with van der Waals surface area (Å²) in [7, 11) is 1.61. The first kappa shape index (κ1) is 20.1. The maximum atomic E-state index is 12.9. The average Bonchev–Trinajstić information content (AvgIpc) is 2.77. The van der Waals surface area contributed by atoms with Gasteiger partial charge < -0.3 is 20.1 Å². The molecule has 0 aliphatic carbocycles. The van der Waals surface area contributed by atoms with Crippen LogP contribution in [0.4, 0.5) is 10.2 Å². The second-order valence-corrected chi connectivity index (χ2v) is 6.19. The van der Waals surface area contributed by atoms with Gasteiger partial charge in [0.25, 0.3) is 5.91 Å². The highest BCUT2D eigenvalue weighted by atomic mass is 19.1. The van der Waals surface area contributed by atoms with E-state index in [1.807, 2.05) is 24.3 Å². The molecule has 0 aliphatic heterocycles. The summed E-state index contributed by atoms with van der Waals surface area (Å²) in [6.07, 6.45) is 1.51. The number of benzene rings is 2. The molecule has 0 saturated heterocycles. The van der Waals surface area contributed by atoms with Crippen LogP contribution >= 0.6 is 0 Å². The van der Waals surface area contributed by atoms with E-state index in [-0.39, 0.29) is 11.7 Å². The van der Waals surface area contributed by atoms with E-state index in [4.69, 9.17) is 9.47 Å². The zero-order valence-corrected chi connectivity index (χ0v) is 16.0. The minimum atomic E-state index is -0.267. The van der Waals surface area contributed by atoms with Gasteiger partial charge in [0.2, 0.25) is 0 Å². The number of anilines is 1. The van der Waals surface area contributed by atoms with Crippen LogP contribution in [0.2, 0.25) is 0 Å². The molecule has 1 heterocycles. The van der Waals surface area contributed by atoms with Gasteiger partial charge in [-0.2, -0.15) is 0 Å². The van der Waals surface area contributed by atoms with Crippen molar-refractivity contribution in [3.8, 4) is 11.5 Å². The topological polar surface area (TPSA) is 72.5 Å². The molecule has 29 heavy (non-hydrogen) atoms. The largest absolute Gasteiger partial charge is 0.497 e. The number of nitrogens with one attached hydrogen (secondary N) is 2. The number of methoxy groups -OCH3 is 1. The van der Waals surface area contributed by atoms with Crippen LogP contribution in [0.1, 0.15) is 15.9 Å². The van der Waals surface area contributed by atoms with Crippen LogP contribution in [0.25, 0.3) is 0 Å². The SMILES string of the molecule is COc1ccc(OCCNC(=O)c2ccc(NCc3ccc(F)cc3)nc2)cc1. The molecule has 2 N–H and O–H groups in total. The summed E-state index contributed by atoms with van der Waals surface area (Å²) < 4.78 is 23.6. The van der Waals surface area contributed by atoms with Gasteiger partial charge in [-0.3, -0.25) is 4.79 Å². The van der Waals surface area contributed by atoms with E-state index >= 15 is 0 Å². The minimum absolute atomic E-state index is 0.221. The van der Waals surface area contributed by atoms with Crippen LogP contribution in [-0.2, 0) is 6.54 Å². The maximum Gasteiger partial charge on any atom is 0.252 e. The lowest BCUT2D eigenvalue weighted by Gasteiger charge is -2.09. The van der Waals surface area contributed by atoms with Gasteiger partial charge in [-0.1, -0.05) is 12.1 Å². The van der Waals surface area contributed by atoms with Gasteiger partial charge in [-0.15, -0.1) is 0 Å². The molecule has 0 bridgehead atoms. The first-order valence-electron chi connectivity index (χ1n) is 9.13. The fraction of sp³-hybridized carbons (Fsp3) is 0.182. The monoisotopic (exact) mass is 395 g/mol. The summed E-state index contributed by atoms with van der Waals surface area (Å²) in [5, 5.41) is 5.92. The molecule has 0 radical (unpaired) electrons. The number of amides is 1. The number of halogens is 1. The van der Waals surface area contributed by atoms with Crippen molar-refractivity contribution in [2.45, 2.75) is 6.54 Å². The van der Waals surface area contributed by atoms with Gasteiger partial charge in [0.1, 0.15) is 29.7 Å². The fourth-order valence-corrected chi connectivity index (χ4v) is 2.54. The summed E-state index contributed by atoms with van der Waals surface area (Å²) >= 11 is 0. The molecule has 3 rings (SSSR count). The Bertz CT molecular complexity index is 914. The van der Waals surface area contributed by atoms with Gasteiger partial charge in [0.15, 0.2) is 0 Å². The first-order chi connectivity index (χ1) is 14.1. The molecule has 6 nitrogen and oxygen atoms in total. The Morgan fingerprint density at radius 2 is 1.72 bits per heavy atom. The number of aromatic nitrogens is 1. The van der Waals surface area contributed by atoms with Gasteiger partial charge in [-0.05, 0) is 54.1 Å². The number of hydrogen-bond donors (Lipinski definition) is 2. The smallest absolute Gasteiger partial charge is 0.252 e. The van der Waals surface area contributed by atoms with Crippen LogP contribution in [0.15, 0.2) is 66.9 Å². The molecule has 0 spiro atoms. The maximum absolute atomic E-state index is 12.9. The van der Waals surface area contributed by atoms with Crippen molar-refractivity contribution in [3.05, 3.63) is 83.8 Å². The number of rotatable bonds is 9. The van der Waals surface area contributed by atoms with E-state index in [2.05, 4.69) is 15.6 Å². The van der Waals surface area contributed by atoms with Crippen molar-refractivity contribution in [1.29, 1.82) is 0 Å². The highest BCUT2D eigenvalue weighted by molar-refractivity contribution is 5.94. The Morgan fingerprint density at radius 3 is 2.38 bits per heavy atom. The van der Waals surface area contributed by atoms with Crippen molar-refractivity contribution < 1.29 is 18.7 Å². The summed E-state index contributed by atoms with van der Waals surface area (Å²) in [4.78, 5) is 16.4. The molecule has 0 fully saturated rings. The Kier molecular flexibility index (Phi) is 7.00. The molecule has 1 amide bonds. The molecule has 2 aromatic carbocycles. The van der Waals surface area contributed by atoms with Crippen molar-refractivity contribution in [2.24, 2.45) is 0 Å². The molecule has 3 aromatic rings. The van der Waals surface area contributed by atoms with E-state index in [1.54, 1.807) is 31.4 Å². The lowest BCUT2D eigenvalue weighted by Crippen LogP contribution is -2.28.